The molecule has 1 aliphatic heterocycles. The van der Waals surface area contributed by atoms with Gasteiger partial charge in [0.2, 0.25) is 5.91 Å². The molecule has 0 fully saturated rings. The molecule has 38 heavy (non-hydrogen) atoms. The van der Waals surface area contributed by atoms with Gasteiger partial charge in [0.15, 0.2) is 0 Å². The lowest BCUT2D eigenvalue weighted by Gasteiger charge is -2.35. The standard InChI is InChI=1S/C29H27F4N3O2/c1-19-7-5-8-20(2)27(19)34-28(38)35-16-6-11-25(23-9-3-4-10-24(23)29(31,32)33)36(26(37)18-35)17-21-12-14-22(30)15-13-21/h3-15,25H,16-18H2,1-2H3,(H,34,38)/b11-6-. The minimum atomic E-state index is -4.63. The highest BCUT2D eigenvalue weighted by Crippen LogP contribution is 2.38. The van der Waals surface area contributed by atoms with Crippen molar-refractivity contribution in [2.75, 3.05) is 18.4 Å². The Hall–Kier alpha value is -4.14. The number of nitrogens with zero attached hydrogens (tertiary/aromatic N) is 2. The van der Waals surface area contributed by atoms with Crippen molar-refractivity contribution in [3.05, 3.63) is 113 Å². The number of aryl methyl sites for hydroxylation is 2. The second-order valence-corrected chi connectivity index (χ2v) is 9.18. The van der Waals surface area contributed by atoms with Gasteiger partial charge in [-0.2, -0.15) is 13.2 Å². The van der Waals surface area contributed by atoms with Gasteiger partial charge in [-0.3, -0.25) is 4.79 Å². The Bertz CT molecular complexity index is 1330. The Morgan fingerprint density at radius 2 is 1.63 bits per heavy atom. The van der Waals surface area contributed by atoms with Crippen LogP contribution in [-0.4, -0.2) is 34.8 Å². The summed E-state index contributed by atoms with van der Waals surface area (Å²) < 4.78 is 55.2. The maximum atomic E-state index is 13.9. The minimum absolute atomic E-state index is 0.0254. The summed E-state index contributed by atoms with van der Waals surface area (Å²) in [7, 11) is 0. The highest BCUT2D eigenvalue weighted by atomic mass is 19.4. The molecule has 1 unspecified atom stereocenters. The summed E-state index contributed by atoms with van der Waals surface area (Å²) in [5.74, 6) is -1.02. The second kappa shape index (κ2) is 11.1. The van der Waals surface area contributed by atoms with Crippen LogP contribution in [0.5, 0.6) is 0 Å². The molecular weight excluding hydrogens is 498 g/mol. The monoisotopic (exact) mass is 525 g/mol. The van der Waals surface area contributed by atoms with Crippen molar-refractivity contribution >= 4 is 17.6 Å². The Kier molecular flexibility index (Phi) is 7.85. The molecule has 0 aromatic heterocycles. The van der Waals surface area contributed by atoms with Gasteiger partial charge in [0.25, 0.3) is 0 Å². The van der Waals surface area contributed by atoms with Gasteiger partial charge in [-0.25, -0.2) is 9.18 Å². The largest absolute Gasteiger partial charge is 0.416 e. The average molecular weight is 526 g/mol. The summed E-state index contributed by atoms with van der Waals surface area (Å²) >= 11 is 0. The summed E-state index contributed by atoms with van der Waals surface area (Å²) in [5.41, 5.74) is 1.95. The van der Waals surface area contributed by atoms with Crippen LogP contribution in [0.1, 0.15) is 33.9 Å². The number of nitrogens with one attached hydrogen (secondary N) is 1. The van der Waals surface area contributed by atoms with E-state index in [0.29, 0.717) is 11.3 Å². The number of carbonyl (C=O) groups excluding carboxylic acids is 2. The average Bonchev–Trinajstić information content (AvgIpc) is 2.86. The van der Waals surface area contributed by atoms with Gasteiger partial charge in [-0.1, -0.05) is 60.7 Å². The molecule has 3 amide bonds. The topological polar surface area (TPSA) is 52.7 Å². The molecule has 9 heteroatoms. The van der Waals surface area contributed by atoms with E-state index in [2.05, 4.69) is 5.32 Å². The van der Waals surface area contributed by atoms with Crippen molar-refractivity contribution in [2.24, 2.45) is 0 Å². The Labute approximate surface area is 218 Å². The molecule has 1 aliphatic rings. The summed E-state index contributed by atoms with van der Waals surface area (Å²) in [5, 5.41) is 2.85. The van der Waals surface area contributed by atoms with Crippen molar-refractivity contribution in [1.29, 1.82) is 0 Å². The Morgan fingerprint density at radius 1 is 0.974 bits per heavy atom. The zero-order valence-electron chi connectivity index (χ0n) is 20.9. The molecule has 0 bridgehead atoms. The first-order chi connectivity index (χ1) is 18.0. The van der Waals surface area contributed by atoms with Crippen molar-refractivity contribution in [1.82, 2.24) is 9.80 Å². The van der Waals surface area contributed by atoms with Gasteiger partial charge < -0.3 is 15.1 Å². The van der Waals surface area contributed by atoms with E-state index in [1.54, 1.807) is 6.08 Å². The van der Waals surface area contributed by atoms with Crippen molar-refractivity contribution < 1.29 is 27.2 Å². The van der Waals surface area contributed by atoms with E-state index in [4.69, 9.17) is 0 Å². The molecule has 5 nitrogen and oxygen atoms in total. The maximum absolute atomic E-state index is 13.9. The third kappa shape index (κ3) is 6.04. The van der Waals surface area contributed by atoms with Crippen LogP contribution in [0.2, 0.25) is 0 Å². The van der Waals surface area contributed by atoms with E-state index in [0.717, 1.165) is 17.2 Å². The second-order valence-electron chi connectivity index (χ2n) is 9.18. The van der Waals surface area contributed by atoms with Crippen molar-refractivity contribution in [3.8, 4) is 0 Å². The molecule has 1 N–H and O–H groups in total. The van der Waals surface area contributed by atoms with Gasteiger partial charge in [-0.05, 0) is 54.3 Å². The number of anilines is 1. The summed E-state index contributed by atoms with van der Waals surface area (Å²) in [4.78, 5) is 29.3. The fourth-order valence-corrected chi connectivity index (χ4v) is 4.50. The number of rotatable bonds is 4. The number of halogens is 4. The maximum Gasteiger partial charge on any atom is 0.416 e. The normalized spacial score (nSPS) is 17.1. The molecule has 198 valence electrons. The molecule has 4 rings (SSSR count). The van der Waals surface area contributed by atoms with Gasteiger partial charge in [0.1, 0.15) is 12.4 Å². The number of alkyl halides is 3. The zero-order chi connectivity index (χ0) is 27.4. The van der Waals surface area contributed by atoms with Crippen LogP contribution < -0.4 is 5.32 Å². The smallest absolute Gasteiger partial charge is 0.326 e. The molecule has 0 aliphatic carbocycles. The van der Waals surface area contributed by atoms with Gasteiger partial charge in [0.05, 0.1) is 11.6 Å². The molecule has 0 saturated heterocycles. The summed E-state index contributed by atoms with van der Waals surface area (Å²) in [6, 6.07) is 14.5. The highest BCUT2D eigenvalue weighted by Gasteiger charge is 2.37. The number of para-hydroxylation sites is 1. The molecular formula is C29H27F4N3O2. The lowest BCUT2D eigenvalue weighted by atomic mass is 9.96. The zero-order valence-corrected chi connectivity index (χ0v) is 20.9. The first-order valence-corrected chi connectivity index (χ1v) is 12.0. The SMILES string of the molecule is Cc1cccc(C)c1NC(=O)N1C/C=C\C(c2ccccc2C(F)(F)F)N(Cc2ccc(F)cc2)C(=O)C1. The van der Waals surface area contributed by atoms with Crippen LogP contribution in [0.4, 0.5) is 28.0 Å². The number of benzene rings is 3. The van der Waals surface area contributed by atoms with Crippen LogP contribution >= 0.6 is 0 Å². The first-order valence-electron chi connectivity index (χ1n) is 12.0. The Morgan fingerprint density at radius 3 is 2.29 bits per heavy atom. The van der Waals surface area contributed by atoms with Gasteiger partial charge in [0, 0.05) is 18.8 Å². The molecule has 3 aromatic carbocycles. The lowest BCUT2D eigenvalue weighted by Crippen LogP contribution is -2.46. The van der Waals surface area contributed by atoms with Gasteiger partial charge >= 0.3 is 12.2 Å². The van der Waals surface area contributed by atoms with E-state index in [1.165, 1.54) is 58.3 Å². The van der Waals surface area contributed by atoms with E-state index in [-0.39, 0.29) is 25.2 Å². The predicted octanol–water partition coefficient (Wildman–Crippen LogP) is 6.64. The van der Waals surface area contributed by atoms with Crippen molar-refractivity contribution in [2.45, 2.75) is 32.6 Å². The van der Waals surface area contributed by atoms with Gasteiger partial charge in [-0.15, -0.1) is 0 Å². The van der Waals surface area contributed by atoms with Crippen molar-refractivity contribution in [3.63, 3.8) is 0 Å². The number of carbonyl (C=O) groups is 2. The number of hydrogen-bond acceptors (Lipinski definition) is 2. The fraction of sp³-hybridized carbons (Fsp3) is 0.241. The molecule has 3 aromatic rings. The highest BCUT2D eigenvalue weighted by molar-refractivity contribution is 5.94. The molecule has 1 atom stereocenters. The van der Waals surface area contributed by atoms with E-state index < -0.39 is 35.5 Å². The van der Waals surface area contributed by atoms with Crippen LogP contribution in [0.25, 0.3) is 0 Å². The third-order valence-corrected chi connectivity index (χ3v) is 6.48. The van der Waals surface area contributed by atoms with E-state index >= 15 is 0 Å². The van der Waals surface area contributed by atoms with E-state index in [1.807, 2.05) is 32.0 Å². The number of amides is 3. The fourth-order valence-electron chi connectivity index (χ4n) is 4.50. The van der Waals surface area contributed by atoms with Crippen LogP contribution in [0.15, 0.2) is 78.9 Å². The lowest BCUT2D eigenvalue weighted by molar-refractivity contribution is -0.141. The molecule has 0 radical (unpaired) electrons. The summed E-state index contributed by atoms with van der Waals surface area (Å²) in [6.45, 7) is 3.31. The quantitative estimate of drug-likeness (QED) is 0.307. The number of urea groups is 1. The molecule has 0 spiro atoms. The Balaban J connectivity index is 1.70. The first kappa shape index (κ1) is 26.9. The molecule has 1 heterocycles. The third-order valence-electron chi connectivity index (χ3n) is 6.48. The predicted molar refractivity (Wildman–Crippen MR) is 137 cm³/mol. The van der Waals surface area contributed by atoms with E-state index in [9.17, 15) is 27.2 Å². The van der Waals surface area contributed by atoms with Crippen LogP contribution in [0, 0.1) is 19.7 Å². The minimum Gasteiger partial charge on any atom is -0.326 e. The van der Waals surface area contributed by atoms with Crippen LogP contribution in [0.3, 0.4) is 0 Å². The number of hydrogen-bond donors (Lipinski definition) is 1. The molecule has 0 saturated carbocycles. The van der Waals surface area contributed by atoms with Crippen LogP contribution in [-0.2, 0) is 17.5 Å². The summed E-state index contributed by atoms with van der Waals surface area (Å²) in [6.07, 6.45) is -1.54.